The lowest BCUT2D eigenvalue weighted by Gasteiger charge is -2.12. The van der Waals surface area contributed by atoms with E-state index < -0.39 is 23.4 Å². The fourth-order valence-electron chi connectivity index (χ4n) is 1.99. The Morgan fingerprint density at radius 3 is 2.63 bits per heavy atom. The number of amides is 1. The maximum absolute atomic E-state index is 11.9. The first-order chi connectivity index (χ1) is 12.8. The predicted octanol–water partition coefficient (Wildman–Crippen LogP) is 2.95. The summed E-state index contributed by atoms with van der Waals surface area (Å²) in [5.41, 5.74) is -0.125. The maximum Gasteiger partial charge on any atom is 0.337 e. The van der Waals surface area contributed by atoms with Crippen LogP contribution in [0.3, 0.4) is 0 Å². The molecule has 0 saturated carbocycles. The minimum absolute atomic E-state index is 0.0443. The van der Waals surface area contributed by atoms with E-state index in [0.717, 1.165) is 0 Å². The number of carbonyl (C=O) groups excluding carboxylic acids is 1. The van der Waals surface area contributed by atoms with Crippen LogP contribution in [0.4, 0.5) is 11.4 Å². The molecule has 0 aliphatic carbocycles. The monoisotopic (exact) mass is 453 g/mol. The van der Waals surface area contributed by atoms with Crippen molar-refractivity contribution in [2.75, 3.05) is 11.9 Å². The van der Waals surface area contributed by atoms with Crippen molar-refractivity contribution in [1.29, 1.82) is 0 Å². The lowest BCUT2D eigenvalue weighted by Crippen LogP contribution is -2.37. The van der Waals surface area contributed by atoms with E-state index in [-0.39, 0.29) is 27.8 Å². The molecule has 0 atom stereocenters. The van der Waals surface area contributed by atoms with Crippen LogP contribution in [0.25, 0.3) is 0 Å². The zero-order chi connectivity index (χ0) is 20.0. The van der Waals surface area contributed by atoms with Gasteiger partial charge in [-0.25, -0.2) is 4.79 Å². The molecule has 0 fully saturated rings. The highest BCUT2D eigenvalue weighted by Gasteiger charge is 2.16. The maximum atomic E-state index is 11.9. The molecule has 2 aromatic rings. The van der Waals surface area contributed by atoms with Gasteiger partial charge < -0.3 is 15.2 Å². The standard InChI is InChI=1S/C16H12BrN3O6S/c17-9-5-6-11(10(7-9)15(22)23)18-16(27)19-14(21)8-26-13-4-2-1-3-12(13)20(24)25/h1-7H,8H2,(H,22,23)(H2,18,19,21,27). The topological polar surface area (TPSA) is 131 Å². The number of halogens is 1. The number of thiocarbonyl (C=S) groups is 1. The molecule has 0 aromatic heterocycles. The molecule has 0 bridgehead atoms. The Balaban J connectivity index is 1.96. The van der Waals surface area contributed by atoms with Gasteiger partial charge >= 0.3 is 11.7 Å². The summed E-state index contributed by atoms with van der Waals surface area (Å²) >= 11 is 8.15. The molecule has 9 nitrogen and oxygen atoms in total. The number of benzene rings is 2. The van der Waals surface area contributed by atoms with Crippen LogP contribution in [0, 0.1) is 10.1 Å². The normalized spacial score (nSPS) is 9.96. The van der Waals surface area contributed by atoms with Crippen LogP contribution < -0.4 is 15.4 Å². The van der Waals surface area contributed by atoms with E-state index in [1.165, 1.54) is 36.4 Å². The highest BCUT2D eigenvalue weighted by atomic mass is 79.9. The number of nitrogens with one attached hydrogen (secondary N) is 2. The molecule has 0 saturated heterocycles. The first kappa shape index (κ1) is 20.3. The highest BCUT2D eigenvalue weighted by Crippen LogP contribution is 2.25. The number of carbonyl (C=O) groups is 2. The predicted molar refractivity (Wildman–Crippen MR) is 104 cm³/mol. The molecule has 0 aliphatic heterocycles. The summed E-state index contributed by atoms with van der Waals surface area (Å²) in [6, 6.07) is 10.1. The third-order valence-electron chi connectivity index (χ3n) is 3.13. The van der Waals surface area contributed by atoms with Gasteiger partial charge in [0.2, 0.25) is 0 Å². The Labute approximate surface area is 166 Å². The van der Waals surface area contributed by atoms with Crippen molar-refractivity contribution >= 4 is 56.5 Å². The van der Waals surface area contributed by atoms with Crippen molar-refractivity contribution in [3.63, 3.8) is 0 Å². The molecule has 1 amide bonds. The summed E-state index contributed by atoms with van der Waals surface area (Å²) in [5, 5.41) is 24.9. The summed E-state index contributed by atoms with van der Waals surface area (Å²) in [5.74, 6) is -1.90. The Bertz CT molecular complexity index is 921. The SMILES string of the molecule is O=C(COc1ccccc1[N+](=O)[O-])NC(=S)Nc1ccc(Br)cc1C(=O)O. The second kappa shape index (κ2) is 9.05. The van der Waals surface area contributed by atoms with Crippen LogP contribution >= 0.6 is 28.1 Å². The highest BCUT2D eigenvalue weighted by molar-refractivity contribution is 9.10. The zero-order valence-corrected chi connectivity index (χ0v) is 15.9. The van der Waals surface area contributed by atoms with E-state index in [4.69, 9.17) is 17.0 Å². The van der Waals surface area contributed by atoms with Crippen LogP contribution in [-0.4, -0.2) is 33.6 Å². The number of anilines is 1. The zero-order valence-electron chi connectivity index (χ0n) is 13.5. The van der Waals surface area contributed by atoms with E-state index in [1.807, 2.05) is 0 Å². The van der Waals surface area contributed by atoms with Gasteiger partial charge in [0.1, 0.15) is 0 Å². The molecule has 0 spiro atoms. The van der Waals surface area contributed by atoms with E-state index in [1.54, 1.807) is 6.07 Å². The molecular weight excluding hydrogens is 442 g/mol. The molecular formula is C16H12BrN3O6S. The summed E-state index contributed by atoms with van der Waals surface area (Å²) in [7, 11) is 0. The van der Waals surface area contributed by atoms with Crippen molar-refractivity contribution < 1.29 is 24.4 Å². The summed E-state index contributed by atoms with van der Waals surface area (Å²) in [6.07, 6.45) is 0. The van der Waals surface area contributed by atoms with Crippen LogP contribution in [0.2, 0.25) is 0 Å². The van der Waals surface area contributed by atoms with E-state index in [2.05, 4.69) is 26.6 Å². The van der Waals surface area contributed by atoms with Gasteiger partial charge in [0.25, 0.3) is 5.91 Å². The minimum atomic E-state index is -1.17. The molecule has 11 heteroatoms. The average Bonchev–Trinajstić information content (AvgIpc) is 2.61. The van der Waals surface area contributed by atoms with Crippen molar-refractivity contribution in [3.05, 3.63) is 62.6 Å². The number of nitrogens with zero attached hydrogens (tertiary/aromatic N) is 1. The third-order valence-corrected chi connectivity index (χ3v) is 3.83. The fraction of sp³-hybridized carbons (Fsp3) is 0.0625. The number of aromatic carboxylic acids is 1. The van der Waals surface area contributed by atoms with Gasteiger partial charge in [-0.05, 0) is 36.5 Å². The summed E-state index contributed by atoms with van der Waals surface area (Å²) < 4.78 is 5.72. The number of hydrogen-bond donors (Lipinski definition) is 3. The molecule has 0 unspecified atom stereocenters. The van der Waals surface area contributed by atoms with Crippen molar-refractivity contribution in [2.24, 2.45) is 0 Å². The average molecular weight is 454 g/mol. The number of nitro groups is 1. The number of hydrogen-bond acceptors (Lipinski definition) is 6. The fourth-order valence-corrected chi connectivity index (χ4v) is 2.58. The summed E-state index contributed by atoms with van der Waals surface area (Å²) in [6.45, 7) is -0.515. The van der Waals surface area contributed by atoms with E-state index in [9.17, 15) is 24.8 Å². The number of nitro benzene ring substituents is 1. The van der Waals surface area contributed by atoms with Crippen LogP contribution in [-0.2, 0) is 4.79 Å². The number of ether oxygens (including phenoxy) is 1. The Morgan fingerprint density at radius 2 is 1.96 bits per heavy atom. The second-order valence-corrected chi connectivity index (χ2v) is 6.33. The molecule has 2 aromatic carbocycles. The van der Waals surface area contributed by atoms with E-state index in [0.29, 0.717) is 4.47 Å². The van der Waals surface area contributed by atoms with Crippen molar-refractivity contribution in [1.82, 2.24) is 5.32 Å². The first-order valence-electron chi connectivity index (χ1n) is 7.28. The lowest BCUT2D eigenvalue weighted by molar-refractivity contribution is -0.385. The van der Waals surface area contributed by atoms with Crippen molar-refractivity contribution in [2.45, 2.75) is 0 Å². The molecule has 27 heavy (non-hydrogen) atoms. The van der Waals surface area contributed by atoms with Gasteiger partial charge in [-0.2, -0.15) is 0 Å². The smallest absolute Gasteiger partial charge is 0.337 e. The number of rotatable bonds is 6. The van der Waals surface area contributed by atoms with Crippen molar-refractivity contribution in [3.8, 4) is 5.75 Å². The van der Waals surface area contributed by atoms with Gasteiger partial charge in [-0.3, -0.25) is 20.2 Å². The molecule has 2 rings (SSSR count). The second-order valence-electron chi connectivity index (χ2n) is 5.01. The van der Waals surface area contributed by atoms with Crippen LogP contribution in [0.5, 0.6) is 5.75 Å². The van der Waals surface area contributed by atoms with Gasteiger partial charge in [0.15, 0.2) is 17.5 Å². The summed E-state index contributed by atoms with van der Waals surface area (Å²) in [4.78, 5) is 33.4. The molecule has 0 radical (unpaired) electrons. The molecule has 0 aliphatic rings. The van der Waals surface area contributed by atoms with Crippen LogP contribution in [0.1, 0.15) is 10.4 Å². The van der Waals surface area contributed by atoms with Gasteiger partial charge in [-0.15, -0.1) is 0 Å². The molecule has 0 heterocycles. The lowest BCUT2D eigenvalue weighted by atomic mass is 10.2. The Hall–Kier alpha value is -3.05. The van der Waals surface area contributed by atoms with E-state index >= 15 is 0 Å². The third kappa shape index (κ3) is 5.72. The van der Waals surface area contributed by atoms with Crippen LogP contribution in [0.15, 0.2) is 46.9 Å². The number of carboxylic acids is 1. The Kier molecular flexibility index (Phi) is 6.79. The number of para-hydroxylation sites is 2. The quantitative estimate of drug-likeness (QED) is 0.345. The number of carboxylic acid groups (broad SMARTS) is 1. The first-order valence-corrected chi connectivity index (χ1v) is 8.48. The Morgan fingerprint density at radius 1 is 1.26 bits per heavy atom. The largest absolute Gasteiger partial charge is 0.478 e. The molecule has 3 N–H and O–H groups in total. The minimum Gasteiger partial charge on any atom is -0.478 e. The van der Waals surface area contributed by atoms with Gasteiger partial charge in [0.05, 0.1) is 16.2 Å². The molecule has 140 valence electrons. The van der Waals surface area contributed by atoms with Gasteiger partial charge in [-0.1, -0.05) is 28.1 Å². The van der Waals surface area contributed by atoms with Gasteiger partial charge in [0, 0.05) is 10.5 Å².